The molecule has 0 unspecified atom stereocenters. The molecule has 0 aromatic carbocycles. The minimum atomic E-state index is 0.691. The SMILES string of the molecule is CCCCCCCCOC[n+]1ccn(CCCCCC)c1. The molecule has 0 saturated carbocycles. The molecule has 1 aromatic rings. The Balaban J connectivity index is 1.98. The van der Waals surface area contributed by atoms with Crippen molar-refractivity contribution in [1.29, 1.82) is 0 Å². The van der Waals surface area contributed by atoms with Crippen molar-refractivity contribution in [2.45, 2.75) is 91.3 Å². The third-order valence-corrected chi connectivity index (χ3v) is 3.90. The van der Waals surface area contributed by atoms with Gasteiger partial charge in [-0.2, -0.15) is 0 Å². The third-order valence-electron chi connectivity index (χ3n) is 3.90. The van der Waals surface area contributed by atoms with Crippen LogP contribution in [0.3, 0.4) is 0 Å². The molecule has 0 bridgehead atoms. The molecule has 0 N–H and O–H groups in total. The molecule has 0 aliphatic carbocycles. The molecule has 0 fully saturated rings. The molecule has 122 valence electrons. The van der Waals surface area contributed by atoms with Gasteiger partial charge in [0.1, 0.15) is 12.4 Å². The van der Waals surface area contributed by atoms with E-state index in [1.54, 1.807) is 0 Å². The molecule has 1 heterocycles. The second-order valence-electron chi connectivity index (χ2n) is 6.03. The summed E-state index contributed by atoms with van der Waals surface area (Å²) in [6.45, 7) is 7.23. The lowest BCUT2D eigenvalue weighted by Crippen LogP contribution is -2.32. The van der Waals surface area contributed by atoms with Crippen molar-refractivity contribution in [3.05, 3.63) is 18.7 Å². The molecule has 0 amide bonds. The fourth-order valence-corrected chi connectivity index (χ4v) is 2.52. The fraction of sp³-hybridized carbons (Fsp3) is 0.833. The minimum absolute atomic E-state index is 0.691. The first-order chi connectivity index (χ1) is 10.4. The van der Waals surface area contributed by atoms with Crippen LogP contribution in [0.4, 0.5) is 0 Å². The average molecular weight is 295 g/mol. The van der Waals surface area contributed by atoms with Gasteiger partial charge >= 0.3 is 0 Å². The summed E-state index contributed by atoms with van der Waals surface area (Å²) in [5.74, 6) is 0. The van der Waals surface area contributed by atoms with Gasteiger partial charge in [-0.05, 0) is 19.3 Å². The Hall–Kier alpha value is -0.830. The molecule has 3 nitrogen and oxygen atoms in total. The van der Waals surface area contributed by atoms with Crippen LogP contribution in [0.5, 0.6) is 0 Å². The number of hydrogen-bond acceptors (Lipinski definition) is 1. The predicted molar refractivity (Wildman–Crippen MR) is 88.1 cm³/mol. The standard InChI is InChI=1S/C18H35N2O/c1-3-5-7-9-10-12-16-21-18-20-15-14-19(17-20)13-11-8-6-4-2/h14-15,17H,3-13,16,18H2,1-2H3/q+1. The second kappa shape index (κ2) is 12.9. The summed E-state index contributed by atoms with van der Waals surface area (Å²) in [4.78, 5) is 0. The van der Waals surface area contributed by atoms with Gasteiger partial charge in [0.25, 0.3) is 0 Å². The molecule has 1 aromatic heterocycles. The van der Waals surface area contributed by atoms with Gasteiger partial charge in [0.2, 0.25) is 6.33 Å². The van der Waals surface area contributed by atoms with Crippen molar-refractivity contribution in [3.63, 3.8) is 0 Å². The van der Waals surface area contributed by atoms with Crippen LogP contribution in [0.15, 0.2) is 18.7 Å². The van der Waals surface area contributed by atoms with E-state index >= 15 is 0 Å². The molecule has 0 saturated heterocycles. The lowest BCUT2D eigenvalue weighted by molar-refractivity contribution is -0.732. The van der Waals surface area contributed by atoms with Gasteiger partial charge in [-0.3, -0.25) is 0 Å². The number of hydrogen-bond donors (Lipinski definition) is 0. The molecular weight excluding hydrogens is 260 g/mol. The molecule has 0 aliphatic rings. The highest BCUT2D eigenvalue weighted by Crippen LogP contribution is 2.05. The van der Waals surface area contributed by atoms with Gasteiger partial charge in [-0.25, -0.2) is 9.13 Å². The Labute approximate surface area is 131 Å². The monoisotopic (exact) mass is 295 g/mol. The van der Waals surface area contributed by atoms with Gasteiger partial charge in [0.05, 0.1) is 13.2 Å². The fourth-order valence-electron chi connectivity index (χ4n) is 2.52. The Morgan fingerprint density at radius 1 is 0.857 bits per heavy atom. The van der Waals surface area contributed by atoms with E-state index in [1.807, 2.05) is 0 Å². The normalized spacial score (nSPS) is 11.1. The summed E-state index contributed by atoms with van der Waals surface area (Å²) in [5.41, 5.74) is 0. The van der Waals surface area contributed by atoms with Crippen molar-refractivity contribution < 1.29 is 9.30 Å². The number of ether oxygens (including phenoxy) is 1. The zero-order valence-corrected chi connectivity index (χ0v) is 14.2. The van der Waals surface area contributed by atoms with Crippen molar-refractivity contribution in [2.75, 3.05) is 6.61 Å². The van der Waals surface area contributed by atoms with Crippen LogP contribution in [0, 0.1) is 0 Å². The number of aryl methyl sites for hydroxylation is 1. The predicted octanol–water partition coefficient (Wildman–Crippen LogP) is 4.69. The highest BCUT2D eigenvalue weighted by molar-refractivity contribution is 4.65. The van der Waals surface area contributed by atoms with E-state index < -0.39 is 0 Å². The molecular formula is C18H35N2O+. The number of imidazole rings is 1. The van der Waals surface area contributed by atoms with Crippen LogP contribution in [0.2, 0.25) is 0 Å². The Morgan fingerprint density at radius 3 is 2.29 bits per heavy atom. The maximum absolute atomic E-state index is 5.73. The quantitative estimate of drug-likeness (QED) is 0.360. The van der Waals surface area contributed by atoms with E-state index in [1.165, 1.54) is 64.2 Å². The lowest BCUT2D eigenvalue weighted by Gasteiger charge is -2.02. The van der Waals surface area contributed by atoms with E-state index in [0.717, 1.165) is 13.2 Å². The second-order valence-corrected chi connectivity index (χ2v) is 6.03. The molecule has 0 spiro atoms. The maximum atomic E-state index is 5.73. The number of aromatic nitrogens is 2. The summed E-state index contributed by atoms with van der Waals surface area (Å²) >= 11 is 0. The molecule has 3 heteroatoms. The van der Waals surface area contributed by atoms with Crippen LogP contribution < -0.4 is 4.57 Å². The largest absolute Gasteiger partial charge is 0.342 e. The van der Waals surface area contributed by atoms with Gasteiger partial charge in [-0.15, -0.1) is 0 Å². The Kier molecular flexibility index (Phi) is 11.2. The van der Waals surface area contributed by atoms with Crippen molar-refractivity contribution in [2.24, 2.45) is 0 Å². The summed E-state index contributed by atoms with van der Waals surface area (Å²) < 4.78 is 10.1. The van der Waals surface area contributed by atoms with Crippen LogP contribution in [-0.2, 0) is 18.0 Å². The van der Waals surface area contributed by atoms with Crippen LogP contribution >= 0.6 is 0 Å². The first kappa shape index (κ1) is 18.2. The zero-order valence-electron chi connectivity index (χ0n) is 14.2. The van der Waals surface area contributed by atoms with E-state index in [-0.39, 0.29) is 0 Å². The van der Waals surface area contributed by atoms with E-state index in [2.05, 4.69) is 41.7 Å². The number of unbranched alkanes of at least 4 members (excludes halogenated alkanes) is 8. The van der Waals surface area contributed by atoms with Gasteiger partial charge < -0.3 is 4.74 Å². The Bertz CT molecular complexity index is 336. The van der Waals surface area contributed by atoms with Crippen LogP contribution in [0.1, 0.15) is 78.1 Å². The van der Waals surface area contributed by atoms with Gasteiger partial charge in [0, 0.05) is 0 Å². The lowest BCUT2D eigenvalue weighted by atomic mass is 10.1. The molecule has 0 radical (unpaired) electrons. The summed E-state index contributed by atoms with van der Waals surface area (Å²) in [6.07, 6.45) is 19.6. The van der Waals surface area contributed by atoms with E-state index in [9.17, 15) is 0 Å². The van der Waals surface area contributed by atoms with Gasteiger partial charge in [-0.1, -0.05) is 58.8 Å². The topological polar surface area (TPSA) is 18.0 Å². The third kappa shape index (κ3) is 9.67. The van der Waals surface area contributed by atoms with Gasteiger partial charge in [0.15, 0.2) is 6.73 Å². The van der Waals surface area contributed by atoms with Crippen LogP contribution in [0.25, 0.3) is 0 Å². The van der Waals surface area contributed by atoms with Crippen molar-refractivity contribution in [3.8, 4) is 0 Å². The first-order valence-electron chi connectivity index (χ1n) is 8.99. The minimum Gasteiger partial charge on any atom is -0.342 e. The maximum Gasteiger partial charge on any atom is 0.245 e. The van der Waals surface area contributed by atoms with Crippen molar-refractivity contribution in [1.82, 2.24) is 4.57 Å². The summed E-state index contributed by atoms with van der Waals surface area (Å²) in [6, 6.07) is 0. The van der Waals surface area contributed by atoms with Crippen LogP contribution in [-0.4, -0.2) is 11.2 Å². The summed E-state index contributed by atoms with van der Waals surface area (Å²) in [7, 11) is 0. The molecule has 21 heavy (non-hydrogen) atoms. The Morgan fingerprint density at radius 2 is 1.52 bits per heavy atom. The van der Waals surface area contributed by atoms with E-state index in [0.29, 0.717) is 6.73 Å². The molecule has 1 rings (SSSR count). The van der Waals surface area contributed by atoms with Crippen molar-refractivity contribution >= 4 is 0 Å². The molecule has 0 atom stereocenters. The van der Waals surface area contributed by atoms with E-state index in [4.69, 9.17) is 4.74 Å². The zero-order chi connectivity index (χ0) is 15.2. The highest BCUT2D eigenvalue weighted by Gasteiger charge is 2.03. The average Bonchev–Trinajstić information content (AvgIpc) is 2.94. The smallest absolute Gasteiger partial charge is 0.245 e. The number of nitrogens with zero attached hydrogens (tertiary/aromatic N) is 2. The highest BCUT2D eigenvalue weighted by atomic mass is 16.5. The number of rotatable bonds is 14. The first-order valence-corrected chi connectivity index (χ1v) is 8.99. The molecule has 0 aliphatic heterocycles. The summed E-state index contributed by atoms with van der Waals surface area (Å²) in [5, 5.41) is 0.